The van der Waals surface area contributed by atoms with Crippen molar-refractivity contribution in [3.8, 4) is 22.9 Å². The van der Waals surface area contributed by atoms with Crippen LogP contribution < -0.4 is 4.74 Å². The zero-order chi connectivity index (χ0) is 30.3. The highest BCUT2D eigenvalue weighted by molar-refractivity contribution is 7.85. The maximum absolute atomic E-state index is 11.6. The van der Waals surface area contributed by atoms with Gasteiger partial charge in [-0.25, -0.2) is 14.3 Å². The molecule has 0 radical (unpaired) electrons. The number of benzene rings is 1. The fourth-order valence-corrected chi connectivity index (χ4v) is 5.77. The van der Waals surface area contributed by atoms with E-state index < -0.39 is 27.0 Å². The van der Waals surface area contributed by atoms with Gasteiger partial charge in [-0.2, -0.15) is 18.6 Å². The van der Waals surface area contributed by atoms with Gasteiger partial charge in [0, 0.05) is 65.6 Å². The summed E-state index contributed by atoms with van der Waals surface area (Å²) in [5.74, 6) is 0.995. The van der Waals surface area contributed by atoms with E-state index in [1.807, 2.05) is 35.0 Å². The minimum Gasteiger partial charge on any atom is -0.439 e. The van der Waals surface area contributed by atoms with Crippen molar-refractivity contribution in [2.75, 3.05) is 19.5 Å². The summed E-state index contributed by atoms with van der Waals surface area (Å²) in [6.45, 7) is 13.3. The van der Waals surface area contributed by atoms with Crippen molar-refractivity contribution in [1.82, 2.24) is 24.5 Å². The smallest absolute Gasteiger partial charge is 0.264 e. The zero-order valence-corrected chi connectivity index (χ0v) is 28.2. The second-order valence-electron chi connectivity index (χ2n) is 11.9. The highest BCUT2D eigenvalue weighted by atomic mass is 32.2. The molecule has 0 unspecified atom stereocenters. The normalized spacial score (nSPS) is 12.5. The monoisotopic (exact) mass is 631 g/mol. The summed E-state index contributed by atoms with van der Waals surface area (Å²) in [6.07, 6.45) is 4.52. The Morgan fingerprint density at radius 3 is 2.43 bits per heavy atom. The molecule has 11 nitrogen and oxygen atoms in total. The van der Waals surface area contributed by atoms with Crippen molar-refractivity contribution >= 4 is 37.9 Å². The highest BCUT2D eigenvalue weighted by Gasteiger charge is 2.16. The highest BCUT2D eigenvalue weighted by Crippen LogP contribution is 2.29. The van der Waals surface area contributed by atoms with Crippen LogP contribution >= 0.6 is 0 Å². The predicted molar refractivity (Wildman–Crippen MR) is 169 cm³/mol. The topological polar surface area (TPSA) is 120 Å². The first-order valence-electron chi connectivity index (χ1n) is 14.0. The van der Waals surface area contributed by atoms with Crippen LogP contribution in [0.15, 0.2) is 48.8 Å². The van der Waals surface area contributed by atoms with E-state index in [0.29, 0.717) is 30.7 Å². The van der Waals surface area contributed by atoms with Crippen LogP contribution in [-0.4, -0.2) is 69.3 Å². The van der Waals surface area contributed by atoms with Crippen molar-refractivity contribution in [1.29, 1.82) is 0 Å². The van der Waals surface area contributed by atoms with E-state index >= 15 is 0 Å². The average Bonchev–Trinajstić information content (AvgIpc) is 3.52. The molecule has 0 bridgehead atoms. The van der Waals surface area contributed by atoms with E-state index in [1.54, 1.807) is 23.1 Å². The van der Waals surface area contributed by atoms with Gasteiger partial charge in [0.05, 0.1) is 23.2 Å². The van der Waals surface area contributed by atoms with Gasteiger partial charge in [0.15, 0.2) is 0 Å². The predicted octanol–water partition coefficient (Wildman–Crippen LogP) is 5.34. The number of aromatic nitrogens is 5. The second kappa shape index (κ2) is 14.1. The lowest BCUT2D eigenvalue weighted by Crippen LogP contribution is -2.22. The average molecular weight is 632 g/mol. The largest absolute Gasteiger partial charge is 0.439 e. The number of rotatable bonds is 16. The Labute approximate surface area is 250 Å². The van der Waals surface area contributed by atoms with Crippen LogP contribution in [0.2, 0.25) is 44.8 Å². The van der Waals surface area contributed by atoms with Gasteiger partial charge in [0.25, 0.3) is 10.1 Å². The van der Waals surface area contributed by atoms with Crippen LogP contribution in [0, 0.1) is 0 Å². The second-order valence-corrected chi connectivity index (χ2v) is 22.5. The summed E-state index contributed by atoms with van der Waals surface area (Å²) in [7, 11) is -5.51. The summed E-state index contributed by atoms with van der Waals surface area (Å²) in [5.41, 5.74) is 3.07. The standard InChI is InChI=1S/C28H41N5O6SSi2/c1-40(34,35)38-19-25-24-9-8-23(17-27(24)33(31-25)21-37-14-16-42(4,5)6)39-28-10-7-22(18-29-28)26-11-12-30-32(26)20-36-13-15-41(2)3/h7-12,17-18,41H,13-16,19-21H2,1-6H3. The van der Waals surface area contributed by atoms with Gasteiger partial charge in [-0.05, 0) is 36.4 Å². The molecule has 0 atom stereocenters. The van der Waals surface area contributed by atoms with Crippen molar-refractivity contribution in [2.24, 2.45) is 0 Å². The van der Waals surface area contributed by atoms with Gasteiger partial charge < -0.3 is 14.2 Å². The Hall–Kier alpha value is -2.89. The minimum absolute atomic E-state index is 0.165. The van der Waals surface area contributed by atoms with Crippen LogP contribution in [0.25, 0.3) is 22.2 Å². The summed E-state index contributed by atoms with van der Waals surface area (Å²) >= 11 is 0. The molecule has 42 heavy (non-hydrogen) atoms. The molecule has 0 aliphatic carbocycles. The Bertz CT molecular complexity index is 1570. The molecular weight excluding hydrogens is 591 g/mol. The van der Waals surface area contributed by atoms with Gasteiger partial charge in [-0.15, -0.1) is 0 Å². The van der Waals surface area contributed by atoms with Gasteiger partial charge >= 0.3 is 0 Å². The Morgan fingerprint density at radius 2 is 1.74 bits per heavy atom. The van der Waals surface area contributed by atoms with E-state index in [-0.39, 0.29) is 13.3 Å². The number of nitrogens with zero attached hydrogens (tertiary/aromatic N) is 5. The van der Waals surface area contributed by atoms with Crippen molar-refractivity contribution in [3.63, 3.8) is 0 Å². The summed E-state index contributed by atoms with van der Waals surface area (Å²) < 4.78 is 49.6. The van der Waals surface area contributed by atoms with E-state index in [1.165, 1.54) is 0 Å². The molecule has 0 saturated heterocycles. The molecule has 228 valence electrons. The maximum Gasteiger partial charge on any atom is 0.264 e. The number of hydrogen-bond donors (Lipinski definition) is 0. The van der Waals surface area contributed by atoms with Gasteiger partial charge in [-0.1, -0.05) is 32.7 Å². The molecule has 4 aromatic rings. The first-order valence-corrected chi connectivity index (χ1v) is 22.7. The van der Waals surface area contributed by atoms with Gasteiger partial charge in [0.1, 0.15) is 25.8 Å². The molecule has 0 spiro atoms. The van der Waals surface area contributed by atoms with Crippen LogP contribution in [0.1, 0.15) is 5.69 Å². The minimum atomic E-state index is -3.62. The summed E-state index contributed by atoms with van der Waals surface area (Å²) in [5, 5.41) is 9.73. The molecule has 0 N–H and O–H groups in total. The molecule has 4 rings (SSSR count). The lowest BCUT2D eigenvalue weighted by atomic mass is 10.2. The molecule has 0 amide bonds. The SMILES string of the molecule is C[SiH](C)CCOCn1nccc1-c1ccc(Oc2ccc3c(COS(C)(=O)=O)nn(COCC[Si](C)(C)C)c3c2)nc1. The first-order chi connectivity index (χ1) is 19.9. The maximum atomic E-state index is 11.6. The van der Waals surface area contributed by atoms with Crippen LogP contribution in [0.4, 0.5) is 0 Å². The van der Waals surface area contributed by atoms with E-state index in [9.17, 15) is 8.42 Å². The Morgan fingerprint density at radius 1 is 0.976 bits per heavy atom. The third-order valence-electron chi connectivity index (χ3n) is 6.44. The molecule has 0 saturated carbocycles. The molecule has 14 heteroatoms. The number of fused-ring (bicyclic) bond motifs is 1. The lowest BCUT2D eigenvalue weighted by molar-refractivity contribution is 0.0801. The third-order valence-corrected chi connectivity index (χ3v) is 10.1. The summed E-state index contributed by atoms with van der Waals surface area (Å²) in [4.78, 5) is 4.51. The van der Waals surface area contributed by atoms with E-state index in [4.69, 9.17) is 18.4 Å². The lowest BCUT2D eigenvalue weighted by Gasteiger charge is -2.15. The van der Waals surface area contributed by atoms with Crippen LogP contribution in [-0.2, 0) is 43.8 Å². The fraction of sp³-hybridized carbons (Fsp3) is 0.464. The van der Waals surface area contributed by atoms with E-state index in [0.717, 1.165) is 47.1 Å². The number of pyridine rings is 1. The van der Waals surface area contributed by atoms with Crippen LogP contribution in [0.3, 0.4) is 0 Å². The third kappa shape index (κ3) is 9.57. The van der Waals surface area contributed by atoms with Gasteiger partial charge in [-0.3, -0.25) is 4.18 Å². The number of hydrogen-bond acceptors (Lipinski definition) is 9. The molecule has 0 aliphatic heterocycles. The molecule has 3 heterocycles. The zero-order valence-electron chi connectivity index (χ0n) is 25.2. The molecule has 1 aromatic carbocycles. The van der Waals surface area contributed by atoms with Crippen LogP contribution in [0.5, 0.6) is 11.6 Å². The fourth-order valence-electron chi connectivity index (χ4n) is 4.05. The molecular formula is C28H41N5O6SSi2. The van der Waals surface area contributed by atoms with Crippen molar-refractivity contribution in [2.45, 2.75) is 64.9 Å². The molecule has 0 aliphatic rings. The quantitative estimate of drug-likeness (QED) is 0.0917. The number of ether oxygens (including phenoxy) is 3. The van der Waals surface area contributed by atoms with Crippen molar-refractivity contribution < 1.29 is 26.8 Å². The Kier molecular flexibility index (Phi) is 10.7. The molecule has 3 aromatic heterocycles. The molecule has 0 fully saturated rings. The van der Waals surface area contributed by atoms with Crippen molar-refractivity contribution in [3.05, 3.63) is 54.5 Å². The first kappa shape index (κ1) is 32.0. The van der Waals surface area contributed by atoms with E-state index in [2.05, 4.69) is 47.9 Å². The Balaban J connectivity index is 1.48. The summed E-state index contributed by atoms with van der Waals surface area (Å²) in [6, 6.07) is 13.3. The van der Waals surface area contributed by atoms with Gasteiger partial charge in [0.2, 0.25) is 5.88 Å².